The van der Waals surface area contributed by atoms with E-state index in [4.69, 9.17) is 0 Å². The number of hydrogen-bond acceptors (Lipinski definition) is 0. The van der Waals surface area contributed by atoms with Gasteiger partial charge in [-0.25, -0.2) is 0 Å². The molecule has 0 aliphatic carbocycles. The van der Waals surface area contributed by atoms with Gasteiger partial charge in [0.2, 0.25) is 0 Å². The molecule has 60 valence electrons. The molecule has 0 aromatic rings. The van der Waals surface area contributed by atoms with Crippen LogP contribution in [0.1, 0.15) is 32.6 Å². The molecule has 0 heterocycles. The lowest BCUT2D eigenvalue weighted by Gasteiger charge is -1.80. The molecule has 1 heteroatoms. The second-order valence-electron chi connectivity index (χ2n) is 2.03. The first-order valence-corrected chi connectivity index (χ1v) is 5.41. The fourth-order valence-electron chi connectivity index (χ4n) is 0.538. The molecular weight excluding hydrogens is 247 g/mol. The van der Waals surface area contributed by atoms with Gasteiger partial charge in [-0.15, -0.1) is 11.8 Å². The largest absolute Gasteiger partial charge is 0.103 e. The van der Waals surface area contributed by atoms with E-state index in [2.05, 4.69) is 53.2 Å². The predicted octanol–water partition coefficient (Wildman–Crippen LogP) is 3.01. The zero-order valence-electron chi connectivity index (χ0n) is 6.91. The van der Waals surface area contributed by atoms with E-state index < -0.39 is 0 Å². The van der Waals surface area contributed by atoms with Crippen molar-refractivity contribution in [3.8, 4) is 23.7 Å². The molecule has 11 heavy (non-hydrogen) atoms. The van der Waals surface area contributed by atoms with Crippen LogP contribution in [0, 0.1) is 23.7 Å². The highest BCUT2D eigenvalue weighted by molar-refractivity contribution is 14.1. The Bertz CT molecular complexity index is 184. The van der Waals surface area contributed by atoms with Crippen molar-refractivity contribution in [3.63, 3.8) is 0 Å². The number of alkyl halides is 1. The van der Waals surface area contributed by atoms with Gasteiger partial charge in [-0.2, -0.15) is 0 Å². The number of halogens is 1. The number of unbranched alkanes of at least 4 members (excludes halogenated alkanes) is 1. The van der Waals surface area contributed by atoms with E-state index in [1.807, 2.05) is 0 Å². The molecule has 0 spiro atoms. The van der Waals surface area contributed by atoms with Crippen LogP contribution in [0.5, 0.6) is 0 Å². The lowest BCUT2D eigenvalue weighted by Crippen LogP contribution is -1.70. The van der Waals surface area contributed by atoms with E-state index in [0.29, 0.717) is 0 Å². The van der Waals surface area contributed by atoms with Gasteiger partial charge in [-0.1, -0.05) is 41.4 Å². The van der Waals surface area contributed by atoms with Crippen LogP contribution in [-0.2, 0) is 0 Å². The van der Waals surface area contributed by atoms with E-state index in [1.54, 1.807) is 0 Å². The van der Waals surface area contributed by atoms with Gasteiger partial charge in [0.1, 0.15) is 0 Å². The molecule has 0 unspecified atom stereocenters. The zero-order valence-corrected chi connectivity index (χ0v) is 9.07. The third-order valence-corrected chi connectivity index (χ3v) is 1.80. The second kappa shape index (κ2) is 9.85. The highest BCUT2D eigenvalue weighted by Crippen LogP contribution is 1.91. The Hall–Kier alpha value is -0.150. The third-order valence-electron chi connectivity index (χ3n) is 1.04. The van der Waals surface area contributed by atoms with Crippen LogP contribution in [0.3, 0.4) is 0 Å². The Morgan fingerprint density at radius 3 is 2.45 bits per heavy atom. The highest BCUT2D eigenvalue weighted by atomic mass is 127. The van der Waals surface area contributed by atoms with Crippen molar-refractivity contribution in [1.82, 2.24) is 0 Å². The fraction of sp³-hybridized carbons (Fsp3) is 0.600. The summed E-state index contributed by atoms with van der Waals surface area (Å²) in [6.07, 6.45) is 3.91. The summed E-state index contributed by atoms with van der Waals surface area (Å²) in [5, 5.41) is 0. The van der Waals surface area contributed by atoms with Crippen LogP contribution >= 0.6 is 22.6 Å². The molecule has 0 atom stereocenters. The van der Waals surface area contributed by atoms with Crippen LogP contribution in [-0.4, -0.2) is 4.43 Å². The van der Waals surface area contributed by atoms with E-state index >= 15 is 0 Å². The van der Waals surface area contributed by atoms with Crippen LogP contribution < -0.4 is 0 Å². The Morgan fingerprint density at radius 2 is 1.82 bits per heavy atom. The van der Waals surface area contributed by atoms with Crippen molar-refractivity contribution in [1.29, 1.82) is 0 Å². The first kappa shape index (κ1) is 10.8. The second-order valence-corrected chi connectivity index (χ2v) is 3.11. The molecule has 0 saturated heterocycles. The quantitative estimate of drug-likeness (QED) is 0.310. The Kier molecular flexibility index (Phi) is 9.72. The maximum Gasteiger partial charge on any atom is 0.0702 e. The Morgan fingerprint density at radius 1 is 1.09 bits per heavy atom. The standard InChI is InChI=1S/C10H13I/c1-2-3-4-5-6-7-8-9-10-11/h2,5,8-10H2,1H3. The van der Waals surface area contributed by atoms with Gasteiger partial charge in [0.05, 0.1) is 6.42 Å². The van der Waals surface area contributed by atoms with Gasteiger partial charge in [-0.05, 0) is 6.42 Å². The summed E-state index contributed by atoms with van der Waals surface area (Å²) < 4.78 is 1.20. The summed E-state index contributed by atoms with van der Waals surface area (Å²) in [7, 11) is 0. The fourth-order valence-corrected chi connectivity index (χ4v) is 0.919. The van der Waals surface area contributed by atoms with Crippen molar-refractivity contribution in [2.45, 2.75) is 32.6 Å². The zero-order chi connectivity index (χ0) is 8.36. The Labute approximate surface area is 83.3 Å². The summed E-state index contributed by atoms with van der Waals surface area (Å²) in [6, 6.07) is 0. The molecule has 0 rings (SSSR count). The topological polar surface area (TPSA) is 0 Å². The van der Waals surface area contributed by atoms with Crippen LogP contribution in [0.4, 0.5) is 0 Å². The van der Waals surface area contributed by atoms with Crippen LogP contribution in [0.25, 0.3) is 0 Å². The van der Waals surface area contributed by atoms with Crippen molar-refractivity contribution in [2.24, 2.45) is 0 Å². The van der Waals surface area contributed by atoms with E-state index in [-0.39, 0.29) is 0 Å². The highest BCUT2D eigenvalue weighted by Gasteiger charge is 1.75. The monoisotopic (exact) mass is 260 g/mol. The van der Waals surface area contributed by atoms with Gasteiger partial charge in [0, 0.05) is 17.3 Å². The van der Waals surface area contributed by atoms with Crippen LogP contribution in [0.2, 0.25) is 0 Å². The molecule has 0 saturated carbocycles. The minimum Gasteiger partial charge on any atom is -0.103 e. The molecule has 0 bridgehead atoms. The molecule has 0 radical (unpaired) electrons. The average molecular weight is 260 g/mol. The van der Waals surface area contributed by atoms with E-state index in [9.17, 15) is 0 Å². The normalized spacial score (nSPS) is 7.45. The van der Waals surface area contributed by atoms with Gasteiger partial charge in [0.15, 0.2) is 0 Å². The Balaban J connectivity index is 3.25. The lowest BCUT2D eigenvalue weighted by atomic mass is 10.3. The molecule has 0 aliphatic rings. The van der Waals surface area contributed by atoms with Gasteiger partial charge in [0.25, 0.3) is 0 Å². The van der Waals surface area contributed by atoms with Crippen molar-refractivity contribution < 1.29 is 0 Å². The van der Waals surface area contributed by atoms with Crippen molar-refractivity contribution in [2.75, 3.05) is 4.43 Å². The third kappa shape index (κ3) is 9.85. The summed E-state index contributed by atoms with van der Waals surface area (Å²) in [6.45, 7) is 2.05. The molecule has 0 aliphatic heterocycles. The molecular formula is C10H13I. The van der Waals surface area contributed by atoms with E-state index in [1.165, 1.54) is 10.8 Å². The summed E-state index contributed by atoms with van der Waals surface area (Å²) in [5.41, 5.74) is 0. The smallest absolute Gasteiger partial charge is 0.0702 e. The van der Waals surface area contributed by atoms with E-state index in [0.717, 1.165) is 19.3 Å². The molecule has 0 aromatic carbocycles. The van der Waals surface area contributed by atoms with Gasteiger partial charge >= 0.3 is 0 Å². The average Bonchev–Trinajstić information content (AvgIpc) is 2.03. The molecule has 0 aromatic heterocycles. The van der Waals surface area contributed by atoms with Gasteiger partial charge in [-0.3, -0.25) is 0 Å². The number of rotatable bonds is 2. The first-order valence-electron chi connectivity index (χ1n) is 3.89. The summed E-state index contributed by atoms with van der Waals surface area (Å²) >= 11 is 2.37. The van der Waals surface area contributed by atoms with Crippen molar-refractivity contribution in [3.05, 3.63) is 0 Å². The maximum absolute atomic E-state index is 3.09. The summed E-state index contributed by atoms with van der Waals surface area (Å²) in [4.78, 5) is 0. The molecule has 0 amide bonds. The van der Waals surface area contributed by atoms with Crippen molar-refractivity contribution >= 4 is 22.6 Å². The van der Waals surface area contributed by atoms with Gasteiger partial charge < -0.3 is 0 Å². The minimum atomic E-state index is 0.745. The molecule has 0 nitrogen and oxygen atoms in total. The minimum absolute atomic E-state index is 0.745. The summed E-state index contributed by atoms with van der Waals surface area (Å²) in [5.74, 6) is 12.1. The maximum atomic E-state index is 3.09. The molecule has 0 fully saturated rings. The predicted molar refractivity (Wildman–Crippen MR) is 58.6 cm³/mol. The SMILES string of the molecule is CCC#CCC#CCCCI. The lowest BCUT2D eigenvalue weighted by molar-refractivity contribution is 1.01. The number of hydrogen-bond donors (Lipinski definition) is 0. The van der Waals surface area contributed by atoms with Crippen LogP contribution in [0.15, 0.2) is 0 Å². The molecule has 0 N–H and O–H groups in total. The first-order chi connectivity index (χ1) is 5.41.